The quantitative estimate of drug-likeness (QED) is 0.637. The smallest absolute Gasteiger partial charge is 0.140 e. The van der Waals surface area contributed by atoms with Crippen LogP contribution in [-0.2, 0) is 9.47 Å². The highest BCUT2D eigenvalue weighted by atomic mass is 79.9. The van der Waals surface area contributed by atoms with Gasteiger partial charge in [-0.3, -0.25) is 0 Å². The molecule has 0 unspecified atom stereocenters. The molecule has 0 aliphatic carbocycles. The van der Waals surface area contributed by atoms with Gasteiger partial charge in [-0.2, -0.15) is 0 Å². The van der Waals surface area contributed by atoms with Gasteiger partial charge in [0.1, 0.15) is 6.10 Å². The highest BCUT2D eigenvalue weighted by molar-refractivity contribution is 9.11. The standard InChI is InChI=1S/C15H19BrO3/c1-3-10(16)6-5-7-11-8-14-15(18-11)9-13(19-14)12(17)4-2/h2,5-7,11-15,17H,3,8-9H2,1H3/b7-5+,10-6+/t11-,12+,13+,14-,15-/m0/s1. The molecule has 0 aromatic rings. The Morgan fingerprint density at radius 3 is 2.84 bits per heavy atom. The van der Waals surface area contributed by atoms with Crippen molar-refractivity contribution < 1.29 is 14.6 Å². The van der Waals surface area contributed by atoms with E-state index in [0.717, 1.165) is 17.3 Å². The molecule has 2 aliphatic heterocycles. The van der Waals surface area contributed by atoms with Crippen LogP contribution in [0.25, 0.3) is 0 Å². The Morgan fingerprint density at radius 2 is 2.21 bits per heavy atom. The maximum Gasteiger partial charge on any atom is 0.140 e. The molecule has 0 saturated carbocycles. The van der Waals surface area contributed by atoms with Gasteiger partial charge in [0.05, 0.1) is 24.4 Å². The lowest BCUT2D eigenvalue weighted by Crippen LogP contribution is -2.25. The van der Waals surface area contributed by atoms with Gasteiger partial charge in [0.2, 0.25) is 0 Å². The summed E-state index contributed by atoms with van der Waals surface area (Å²) in [5.74, 6) is 2.31. The Bertz CT molecular complexity index is 396. The van der Waals surface area contributed by atoms with Crippen LogP contribution in [0.3, 0.4) is 0 Å². The number of halogens is 1. The highest BCUT2D eigenvalue weighted by Crippen LogP contribution is 2.35. The van der Waals surface area contributed by atoms with Crippen LogP contribution >= 0.6 is 15.9 Å². The van der Waals surface area contributed by atoms with E-state index >= 15 is 0 Å². The Labute approximate surface area is 122 Å². The van der Waals surface area contributed by atoms with E-state index in [2.05, 4.69) is 28.8 Å². The topological polar surface area (TPSA) is 38.7 Å². The minimum Gasteiger partial charge on any atom is -0.378 e. The number of fused-ring (bicyclic) bond motifs is 1. The van der Waals surface area contributed by atoms with E-state index in [1.807, 2.05) is 18.2 Å². The molecule has 2 saturated heterocycles. The third-order valence-corrected chi connectivity index (χ3v) is 4.33. The molecular weight excluding hydrogens is 308 g/mol. The zero-order valence-electron chi connectivity index (χ0n) is 11.0. The third-order valence-electron chi connectivity index (χ3n) is 3.51. The summed E-state index contributed by atoms with van der Waals surface area (Å²) in [7, 11) is 0. The molecule has 2 heterocycles. The first-order valence-corrected chi connectivity index (χ1v) is 7.41. The van der Waals surface area contributed by atoms with Gasteiger partial charge in [-0.1, -0.05) is 47.0 Å². The summed E-state index contributed by atoms with van der Waals surface area (Å²) in [6.45, 7) is 2.09. The molecule has 2 fully saturated rings. The fraction of sp³-hybridized carbons (Fsp3) is 0.600. The number of ether oxygens (including phenoxy) is 2. The van der Waals surface area contributed by atoms with Crippen molar-refractivity contribution in [3.05, 3.63) is 22.7 Å². The number of terminal acetylenes is 1. The summed E-state index contributed by atoms with van der Waals surface area (Å²) in [4.78, 5) is 0. The molecule has 19 heavy (non-hydrogen) atoms. The van der Waals surface area contributed by atoms with E-state index < -0.39 is 6.10 Å². The Hall–Kier alpha value is -0.600. The molecule has 0 aromatic heterocycles. The number of aliphatic hydroxyl groups excluding tert-OH is 1. The number of aliphatic hydroxyl groups is 1. The molecule has 0 bridgehead atoms. The lowest BCUT2D eigenvalue weighted by molar-refractivity contribution is -0.0122. The monoisotopic (exact) mass is 326 g/mol. The average molecular weight is 327 g/mol. The van der Waals surface area contributed by atoms with Gasteiger partial charge in [0.15, 0.2) is 0 Å². The van der Waals surface area contributed by atoms with Crippen LogP contribution in [-0.4, -0.2) is 35.6 Å². The van der Waals surface area contributed by atoms with Crippen molar-refractivity contribution in [3.8, 4) is 12.3 Å². The van der Waals surface area contributed by atoms with Crippen LogP contribution in [0.2, 0.25) is 0 Å². The summed E-state index contributed by atoms with van der Waals surface area (Å²) >= 11 is 3.46. The summed E-state index contributed by atoms with van der Waals surface area (Å²) in [6, 6.07) is 0. The SMILES string of the molecule is C#C[C@@H](O)[C@H]1C[C@@H]2O[C@@H](/C=C/C=C(/Br)CC)C[C@@H]2O1. The van der Waals surface area contributed by atoms with E-state index in [1.54, 1.807) is 0 Å². The largest absolute Gasteiger partial charge is 0.378 e. The van der Waals surface area contributed by atoms with Gasteiger partial charge in [-0.05, 0) is 10.9 Å². The van der Waals surface area contributed by atoms with E-state index in [1.165, 1.54) is 0 Å². The lowest BCUT2D eigenvalue weighted by Gasteiger charge is -2.15. The minimum absolute atomic E-state index is 0.0567. The van der Waals surface area contributed by atoms with Crippen LogP contribution in [0.1, 0.15) is 26.2 Å². The number of allylic oxidation sites excluding steroid dienone is 3. The van der Waals surface area contributed by atoms with Crippen LogP contribution in [0, 0.1) is 12.3 Å². The maximum absolute atomic E-state index is 9.56. The van der Waals surface area contributed by atoms with Crippen LogP contribution in [0.5, 0.6) is 0 Å². The molecule has 0 amide bonds. The second-order valence-corrected chi connectivity index (χ2v) is 5.88. The second kappa shape index (κ2) is 6.71. The maximum atomic E-state index is 9.56. The predicted octanol–water partition coefficient (Wildman–Crippen LogP) is 2.54. The normalized spacial score (nSPS) is 36.4. The van der Waals surface area contributed by atoms with Gasteiger partial charge in [0, 0.05) is 12.8 Å². The van der Waals surface area contributed by atoms with Crippen molar-refractivity contribution in [1.29, 1.82) is 0 Å². The highest BCUT2D eigenvalue weighted by Gasteiger charge is 2.44. The number of hydrogen-bond acceptors (Lipinski definition) is 3. The first-order chi connectivity index (χ1) is 9.13. The number of hydrogen-bond donors (Lipinski definition) is 1. The Kier molecular flexibility index (Phi) is 5.23. The van der Waals surface area contributed by atoms with Crippen molar-refractivity contribution in [2.45, 2.75) is 56.7 Å². The van der Waals surface area contributed by atoms with Crippen molar-refractivity contribution in [1.82, 2.24) is 0 Å². The predicted molar refractivity (Wildman–Crippen MR) is 77.8 cm³/mol. The molecule has 5 atom stereocenters. The molecule has 0 spiro atoms. The zero-order chi connectivity index (χ0) is 13.8. The zero-order valence-corrected chi connectivity index (χ0v) is 12.5. The molecule has 0 aromatic carbocycles. The number of rotatable bonds is 4. The summed E-state index contributed by atoms with van der Waals surface area (Å²) in [5.41, 5.74) is 0. The van der Waals surface area contributed by atoms with E-state index in [-0.39, 0.29) is 24.4 Å². The fourth-order valence-corrected chi connectivity index (χ4v) is 2.60. The summed E-state index contributed by atoms with van der Waals surface area (Å²) in [5, 5.41) is 9.56. The van der Waals surface area contributed by atoms with Crippen molar-refractivity contribution in [2.75, 3.05) is 0 Å². The van der Waals surface area contributed by atoms with Gasteiger partial charge in [-0.25, -0.2) is 0 Å². The molecule has 104 valence electrons. The van der Waals surface area contributed by atoms with E-state index in [0.29, 0.717) is 6.42 Å². The van der Waals surface area contributed by atoms with Crippen LogP contribution in [0.4, 0.5) is 0 Å². The molecule has 0 radical (unpaired) electrons. The van der Waals surface area contributed by atoms with Crippen LogP contribution < -0.4 is 0 Å². The van der Waals surface area contributed by atoms with Crippen molar-refractivity contribution in [3.63, 3.8) is 0 Å². The summed E-state index contributed by atoms with van der Waals surface area (Å²) < 4.78 is 12.8. The second-order valence-electron chi connectivity index (χ2n) is 4.86. The lowest BCUT2D eigenvalue weighted by atomic mass is 10.1. The van der Waals surface area contributed by atoms with Crippen molar-refractivity contribution >= 4 is 15.9 Å². The van der Waals surface area contributed by atoms with Gasteiger partial charge < -0.3 is 14.6 Å². The first kappa shape index (κ1) is 14.8. The Morgan fingerprint density at radius 1 is 1.47 bits per heavy atom. The molecule has 1 N–H and O–H groups in total. The minimum atomic E-state index is -0.827. The molecular formula is C15H19BrO3. The Balaban J connectivity index is 1.83. The third kappa shape index (κ3) is 3.70. The van der Waals surface area contributed by atoms with E-state index in [4.69, 9.17) is 15.9 Å². The molecule has 4 heteroatoms. The van der Waals surface area contributed by atoms with Gasteiger partial charge in [-0.15, -0.1) is 6.42 Å². The van der Waals surface area contributed by atoms with Gasteiger partial charge in [0.25, 0.3) is 0 Å². The molecule has 2 aliphatic rings. The first-order valence-electron chi connectivity index (χ1n) is 6.62. The fourth-order valence-electron chi connectivity index (χ4n) is 2.44. The van der Waals surface area contributed by atoms with Crippen molar-refractivity contribution in [2.24, 2.45) is 0 Å². The average Bonchev–Trinajstić information content (AvgIpc) is 2.95. The molecule has 2 rings (SSSR count). The summed E-state index contributed by atoms with van der Waals surface area (Å²) in [6.07, 6.45) is 12.9. The van der Waals surface area contributed by atoms with Gasteiger partial charge >= 0.3 is 0 Å². The molecule has 3 nitrogen and oxygen atoms in total. The van der Waals surface area contributed by atoms with Crippen LogP contribution in [0.15, 0.2) is 22.7 Å². The van der Waals surface area contributed by atoms with E-state index in [9.17, 15) is 5.11 Å².